The second-order valence-corrected chi connectivity index (χ2v) is 2.86. The molecule has 0 aromatic rings. The molecule has 5 heteroatoms. The van der Waals surface area contributed by atoms with Crippen LogP contribution in [0.5, 0.6) is 0 Å². The molecular weight excluding hydrogens is 158 g/mol. The maximum absolute atomic E-state index is 11.1. The first-order chi connectivity index (χ1) is 5.70. The van der Waals surface area contributed by atoms with Crippen molar-refractivity contribution in [1.82, 2.24) is 10.4 Å². The topological polar surface area (TPSA) is 67.6 Å². The van der Waals surface area contributed by atoms with Gasteiger partial charge in [0.15, 0.2) is 0 Å². The summed E-state index contributed by atoms with van der Waals surface area (Å²) in [6.07, 6.45) is 0. The fourth-order valence-electron chi connectivity index (χ4n) is 0.933. The third kappa shape index (κ3) is 2.77. The molecule has 1 saturated heterocycles. The normalized spacial score (nSPS) is 21.8. The number of rotatable bonds is 2. The highest BCUT2D eigenvalue weighted by Crippen LogP contribution is 1.92. The molecule has 0 aliphatic carbocycles. The minimum atomic E-state index is -0.451. The van der Waals surface area contributed by atoms with Crippen molar-refractivity contribution in [3.05, 3.63) is 0 Å². The van der Waals surface area contributed by atoms with Gasteiger partial charge in [0.2, 0.25) is 0 Å². The Kier molecular flexibility index (Phi) is 3.46. The molecule has 1 fully saturated rings. The zero-order valence-electron chi connectivity index (χ0n) is 7.25. The molecule has 5 nitrogen and oxygen atoms in total. The molecule has 0 aromatic heterocycles. The van der Waals surface area contributed by atoms with E-state index in [0.717, 1.165) is 13.1 Å². The average molecular weight is 173 g/mol. The minimum absolute atomic E-state index is 0.142. The first-order valence-corrected chi connectivity index (χ1v) is 4.09. The molecule has 1 rings (SSSR count). The van der Waals surface area contributed by atoms with Gasteiger partial charge in [-0.05, 0) is 6.92 Å². The number of carbonyl (C=O) groups excluding carboxylic acids is 1. The van der Waals surface area contributed by atoms with E-state index in [1.807, 2.05) is 5.01 Å². The lowest BCUT2D eigenvalue weighted by molar-refractivity contribution is -0.128. The van der Waals surface area contributed by atoms with Gasteiger partial charge in [-0.3, -0.25) is 10.2 Å². The summed E-state index contributed by atoms with van der Waals surface area (Å²) in [5.41, 5.74) is 8.09. The molecule has 3 N–H and O–H groups in total. The van der Waals surface area contributed by atoms with Gasteiger partial charge in [0.1, 0.15) is 0 Å². The quantitative estimate of drug-likeness (QED) is 0.544. The van der Waals surface area contributed by atoms with Crippen LogP contribution in [0.4, 0.5) is 0 Å². The number of nitrogens with two attached hydrogens (primary N) is 1. The van der Waals surface area contributed by atoms with Crippen molar-refractivity contribution in [3.63, 3.8) is 0 Å². The molecule has 0 spiro atoms. The lowest BCUT2D eigenvalue weighted by atomic mass is 10.3. The Morgan fingerprint density at radius 2 is 2.17 bits per heavy atom. The molecule has 1 aliphatic heterocycles. The second kappa shape index (κ2) is 4.39. The lowest BCUT2D eigenvalue weighted by Gasteiger charge is -2.27. The van der Waals surface area contributed by atoms with E-state index >= 15 is 0 Å². The van der Waals surface area contributed by atoms with Crippen LogP contribution in [0.25, 0.3) is 0 Å². The first-order valence-electron chi connectivity index (χ1n) is 4.09. The number of nitrogens with zero attached hydrogens (tertiary/aromatic N) is 1. The number of hydrogen-bond donors (Lipinski definition) is 2. The fraction of sp³-hybridized carbons (Fsp3) is 0.857. The van der Waals surface area contributed by atoms with Crippen LogP contribution in [0.3, 0.4) is 0 Å². The van der Waals surface area contributed by atoms with Crippen LogP contribution < -0.4 is 11.2 Å². The molecule has 1 aliphatic rings. The molecular formula is C7H15N3O2. The number of ether oxygens (including phenoxy) is 1. The first kappa shape index (κ1) is 9.44. The molecule has 12 heavy (non-hydrogen) atoms. The van der Waals surface area contributed by atoms with E-state index in [-0.39, 0.29) is 5.91 Å². The van der Waals surface area contributed by atoms with E-state index in [2.05, 4.69) is 5.43 Å². The SMILES string of the molecule is CC(N)C(=O)NN1CCOCC1. The summed E-state index contributed by atoms with van der Waals surface area (Å²) in [4.78, 5) is 11.1. The molecule has 0 saturated carbocycles. The van der Waals surface area contributed by atoms with Gasteiger partial charge < -0.3 is 10.5 Å². The Hall–Kier alpha value is -0.650. The molecule has 0 aromatic carbocycles. The average Bonchev–Trinajstić information content (AvgIpc) is 2.06. The number of hydrazine groups is 1. The third-order valence-corrected chi connectivity index (χ3v) is 1.69. The van der Waals surface area contributed by atoms with Crippen molar-refractivity contribution in [2.24, 2.45) is 5.73 Å². The van der Waals surface area contributed by atoms with Crippen molar-refractivity contribution in [2.75, 3.05) is 26.3 Å². The number of morpholine rings is 1. The molecule has 0 radical (unpaired) electrons. The van der Waals surface area contributed by atoms with Gasteiger partial charge in [0, 0.05) is 13.1 Å². The zero-order chi connectivity index (χ0) is 8.97. The van der Waals surface area contributed by atoms with Crippen LogP contribution in [0, 0.1) is 0 Å². The van der Waals surface area contributed by atoms with Gasteiger partial charge in [-0.1, -0.05) is 0 Å². The standard InChI is InChI=1S/C7H15N3O2/c1-6(8)7(11)9-10-2-4-12-5-3-10/h6H,2-5,8H2,1H3,(H,9,11). The molecule has 1 heterocycles. The predicted octanol–water partition coefficient (Wildman–Crippen LogP) is -1.30. The van der Waals surface area contributed by atoms with Gasteiger partial charge in [-0.25, -0.2) is 5.01 Å². The predicted molar refractivity (Wildman–Crippen MR) is 44.2 cm³/mol. The van der Waals surface area contributed by atoms with Crippen molar-refractivity contribution in [2.45, 2.75) is 13.0 Å². The number of amides is 1. The summed E-state index contributed by atoms with van der Waals surface area (Å²) in [5, 5.41) is 1.83. The minimum Gasteiger partial charge on any atom is -0.379 e. The van der Waals surface area contributed by atoms with Crippen molar-refractivity contribution >= 4 is 5.91 Å². The van der Waals surface area contributed by atoms with E-state index in [1.54, 1.807) is 6.92 Å². The number of carbonyl (C=O) groups is 1. The molecule has 1 atom stereocenters. The third-order valence-electron chi connectivity index (χ3n) is 1.69. The van der Waals surface area contributed by atoms with Crippen LogP contribution in [0.1, 0.15) is 6.92 Å². The highest BCUT2D eigenvalue weighted by atomic mass is 16.5. The molecule has 0 bridgehead atoms. The van der Waals surface area contributed by atoms with Gasteiger partial charge in [0.25, 0.3) is 5.91 Å². The summed E-state index contributed by atoms with van der Waals surface area (Å²) in [6, 6.07) is -0.451. The Labute approximate surface area is 71.8 Å². The lowest BCUT2D eigenvalue weighted by Crippen LogP contribution is -2.52. The summed E-state index contributed by atoms with van der Waals surface area (Å²) < 4.78 is 5.12. The van der Waals surface area contributed by atoms with E-state index in [0.29, 0.717) is 13.2 Å². The molecule has 70 valence electrons. The van der Waals surface area contributed by atoms with Crippen LogP contribution in [-0.4, -0.2) is 43.3 Å². The largest absolute Gasteiger partial charge is 0.379 e. The summed E-state index contributed by atoms with van der Waals surface area (Å²) >= 11 is 0. The number of hydrogen-bond acceptors (Lipinski definition) is 4. The van der Waals surface area contributed by atoms with E-state index in [9.17, 15) is 4.79 Å². The Morgan fingerprint density at radius 1 is 1.58 bits per heavy atom. The Bertz CT molecular complexity index is 155. The van der Waals surface area contributed by atoms with E-state index in [4.69, 9.17) is 10.5 Å². The summed E-state index contributed by atoms with van der Waals surface area (Å²) in [6.45, 7) is 4.46. The van der Waals surface area contributed by atoms with Gasteiger partial charge >= 0.3 is 0 Å². The van der Waals surface area contributed by atoms with Gasteiger partial charge in [-0.2, -0.15) is 0 Å². The highest BCUT2D eigenvalue weighted by Gasteiger charge is 2.14. The summed E-state index contributed by atoms with van der Waals surface area (Å²) in [5.74, 6) is -0.142. The maximum atomic E-state index is 11.1. The van der Waals surface area contributed by atoms with Crippen LogP contribution >= 0.6 is 0 Å². The number of nitrogens with one attached hydrogen (secondary N) is 1. The van der Waals surface area contributed by atoms with Gasteiger partial charge in [-0.15, -0.1) is 0 Å². The Balaban J connectivity index is 2.24. The molecule has 1 unspecified atom stereocenters. The smallest absolute Gasteiger partial charge is 0.250 e. The Morgan fingerprint density at radius 3 is 2.67 bits per heavy atom. The zero-order valence-corrected chi connectivity index (χ0v) is 7.25. The summed E-state index contributed by atoms with van der Waals surface area (Å²) in [7, 11) is 0. The van der Waals surface area contributed by atoms with Crippen LogP contribution in [-0.2, 0) is 9.53 Å². The fourth-order valence-corrected chi connectivity index (χ4v) is 0.933. The monoisotopic (exact) mass is 173 g/mol. The molecule has 1 amide bonds. The van der Waals surface area contributed by atoms with Crippen LogP contribution in [0.15, 0.2) is 0 Å². The van der Waals surface area contributed by atoms with Crippen LogP contribution in [0.2, 0.25) is 0 Å². The van der Waals surface area contributed by atoms with E-state index < -0.39 is 6.04 Å². The highest BCUT2D eigenvalue weighted by molar-refractivity contribution is 5.80. The second-order valence-electron chi connectivity index (χ2n) is 2.86. The van der Waals surface area contributed by atoms with Gasteiger partial charge in [0.05, 0.1) is 19.3 Å². The van der Waals surface area contributed by atoms with Crippen molar-refractivity contribution < 1.29 is 9.53 Å². The van der Waals surface area contributed by atoms with Crippen molar-refractivity contribution in [3.8, 4) is 0 Å². The maximum Gasteiger partial charge on any atom is 0.250 e. The van der Waals surface area contributed by atoms with Crippen molar-refractivity contribution in [1.29, 1.82) is 0 Å². The van der Waals surface area contributed by atoms with E-state index in [1.165, 1.54) is 0 Å².